The number of nitrogens with zero attached hydrogens (tertiary/aromatic N) is 1. The quantitative estimate of drug-likeness (QED) is 0.648. The molecule has 0 aliphatic carbocycles. The lowest BCUT2D eigenvalue weighted by atomic mass is 10.2. The van der Waals surface area contributed by atoms with E-state index in [2.05, 4.69) is 24.1 Å². The number of hydrogen-bond acceptors (Lipinski definition) is 5. The minimum atomic E-state index is -0.151. The summed E-state index contributed by atoms with van der Waals surface area (Å²) in [5.41, 5.74) is 1.47. The summed E-state index contributed by atoms with van der Waals surface area (Å²) in [5, 5.41) is 3.97. The molecule has 0 unspecified atom stereocenters. The Balaban J connectivity index is 1.74. The van der Waals surface area contributed by atoms with Crippen LogP contribution in [-0.2, 0) is 0 Å². The second-order valence-electron chi connectivity index (χ2n) is 5.50. The topological polar surface area (TPSA) is 51.2 Å². The van der Waals surface area contributed by atoms with Gasteiger partial charge in [0.2, 0.25) is 0 Å². The number of methoxy groups -OCH3 is 1. The highest BCUT2D eigenvalue weighted by molar-refractivity contribution is 7.99. The summed E-state index contributed by atoms with van der Waals surface area (Å²) in [7, 11) is 1.63. The largest absolute Gasteiger partial charge is 0.497 e. The van der Waals surface area contributed by atoms with Crippen molar-refractivity contribution < 1.29 is 9.53 Å². The van der Waals surface area contributed by atoms with Crippen molar-refractivity contribution in [2.24, 2.45) is 0 Å². The van der Waals surface area contributed by atoms with Crippen molar-refractivity contribution in [2.45, 2.75) is 24.0 Å². The molecule has 0 saturated heterocycles. The maximum absolute atomic E-state index is 12.4. The number of amides is 1. The number of carbonyl (C=O) groups excluding carboxylic acids is 1. The van der Waals surface area contributed by atoms with Gasteiger partial charge in [-0.3, -0.25) is 10.1 Å². The first-order valence-electron chi connectivity index (χ1n) is 7.58. The van der Waals surface area contributed by atoms with Crippen LogP contribution in [0.5, 0.6) is 5.75 Å². The van der Waals surface area contributed by atoms with Crippen LogP contribution in [0.15, 0.2) is 47.4 Å². The van der Waals surface area contributed by atoms with E-state index in [1.165, 1.54) is 11.3 Å². The summed E-state index contributed by atoms with van der Waals surface area (Å²) in [6.45, 7) is 4.29. The zero-order chi connectivity index (χ0) is 17.1. The number of carbonyl (C=O) groups is 1. The van der Waals surface area contributed by atoms with Gasteiger partial charge < -0.3 is 4.74 Å². The van der Waals surface area contributed by atoms with E-state index in [0.717, 1.165) is 20.9 Å². The number of ether oxygens (including phenoxy) is 1. The molecule has 2 aromatic carbocycles. The van der Waals surface area contributed by atoms with Crippen molar-refractivity contribution in [3.8, 4) is 5.75 Å². The van der Waals surface area contributed by atoms with Crippen LogP contribution in [0, 0.1) is 0 Å². The van der Waals surface area contributed by atoms with Crippen LogP contribution in [0.25, 0.3) is 10.2 Å². The van der Waals surface area contributed by atoms with E-state index < -0.39 is 0 Å². The van der Waals surface area contributed by atoms with Gasteiger partial charge in [-0.05, 0) is 42.5 Å². The molecule has 1 heterocycles. The summed E-state index contributed by atoms with van der Waals surface area (Å²) in [6.07, 6.45) is 0. The number of fused-ring (bicyclic) bond motifs is 1. The molecule has 0 radical (unpaired) electrons. The number of aromatic nitrogens is 1. The SMILES string of the molecule is COc1ccc2nc(NC(=O)c3ccc(SC(C)C)cc3)sc2c1. The molecule has 0 saturated carbocycles. The fourth-order valence-electron chi connectivity index (χ4n) is 2.21. The monoisotopic (exact) mass is 358 g/mol. The molecule has 124 valence electrons. The van der Waals surface area contributed by atoms with Crippen LogP contribution >= 0.6 is 23.1 Å². The molecule has 1 aromatic heterocycles. The third-order valence-corrected chi connectivity index (χ3v) is 5.25. The van der Waals surface area contributed by atoms with Crippen molar-refractivity contribution in [1.82, 2.24) is 4.98 Å². The van der Waals surface area contributed by atoms with Gasteiger partial charge in [0, 0.05) is 15.7 Å². The predicted octanol–water partition coefficient (Wildman–Crippen LogP) is 5.06. The smallest absolute Gasteiger partial charge is 0.257 e. The number of rotatable bonds is 5. The third-order valence-electron chi connectivity index (χ3n) is 3.30. The average Bonchev–Trinajstić information content (AvgIpc) is 2.96. The van der Waals surface area contributed by atoms with Crippen molar-refractivity contribution in [3.63, 3.8) is 0 Å². The van der Waals surface area contributed by atoms with E-state index in [-0.39, 0.29) is 5.91 Å². The Morgan fingerprint density at radius 1 is 1.21 bits per heavy atom. The molecule has 24 heavy (non-hydrogen) atoms. The molecule has 6 heteroatoms. The minimum Gasteiger partial charge on any atom is -0.497 e. The molecule has 0 fully saturated rings. The molecule has 0 bridgehead atoms. The Labute approximate surface area is 149 Å². The van der Waals surface area contributed by atoms with Crippen molar-refractivity contribution in [1.29, 1.82) is 0 Å². The number of nitrogens with one attached hydrogen (secondary N) is 1. The van der Waals surface area contributed by atoms with Crippen LogP contribution in [0.2, 0.25) is 0 Å². The molecule has 0 spiro atoms. The number of hydrogen-bond donors (Lipinski definition) is 1. The Hall–Kier alpha value is -2.05. The lowest BCUT2D eigenvalue weighted by Crippen LogP contribution is -2.11. The Morgan fingerprint density at radius 2 is 1.96 bits per heavy atom. The van der Waals surface area contributed by atoms with Gasteiger partial charge in [0.25, 0.3) is 5.91 Å². The second kappa shape index (κ2) is 7.23. The third kappa shape index (κ3) is 3.88. The van der Waals surface area contributed by atoms with Crippen LogP contribution in [0.4, 0.5) is 5.13 Å². The highest BCUT2D eigenvalue weighted by Crippen LogP contribution is 2.29. The molecule has 3 aromatic rings. The highest BCUT2D eigenvalue weighted by Gasteiger charge is 2.11. The van der Waals surface area contributed by atoms with E-state index >= 15 is 0 Å². The second-order valence-corrected chi connectivity index (χ2v) is 8.18. The van der Waals surface area contributed by atoms with E-state index in [0.29, 0.717) is 15.9 Å². The van der Waals surface area contributed by atoms with Crippen molar-refractivity contribution >= 4 is 44.4 Å². The van der Waals surface area contributed by atoms with Crippen LogP contribution in [0.3, 0.4) is 0 Å². The number of benzene rings is 2. The fourth-order valence-corrected chi connectivity index (χ4v) is 3.94. The van der Waals surface area contributed by atoms with Gasteiger partial charge in [-0.25, -0.2) is 4.98 Å². The number of anilines is 1. The average molecular weight is 358 g/mol. The van der Waals surface area contributed by atoms with Gasteiger partial charge in [0.15, 0.2) is 5.13 Å². The first-order chi connectivity index (χ1) is 11.5. The number of thioether (sulfide) groups is 1. The summed E-state index contributed by atoms with van der Waals surface area (Å²) in [6, 6.07) is 13.3. The predicted molar refractivity (Wildman–Crippen MR) is 102 cm³/mol. The molecule has 0 atom stereocenters. The Kier molecular flexibility index (Phi) is 5.06. The van der Waals surface area contributed by atoms with Gasteiger partial charge in [-0.15, -0.1) is 11.8 Å². The van der Waals surface area contributed by atoms with Gasteiger partial charge in [-0.1, -0.05) is 25.2 Å². The van der Waals surface area contributed by atoms with Gasteiger partial charge in [-0.2, -0.15) is 0 Å². The van der Waals surface area contributed by atoms with E-state index in [4.69, 9.17) is 4.74 Å². The first kappa shape index (κ1) is 16.8. The van der Waals surface area contributed by atoms with Gasteiger partial charge in [0.1, 0.15) is 5.75 Å². The summed E-state index contributed by atoms with van der Waals surface area (Å²) in [5.74, 6) is 0.629. The zero-order valence-electron chi connectivity index (χ0n) is 13.7. The molecule has 0 aliphatic heterocycles. The molecule has 0 aliphatic rings. The molecule has 3 rings (SSSR count). The number of thiazole rings is 1. The minimum absolute atomic E-state index is 0.151. The maximum atomic E-state index is 12.4. The van der Waals surface area contributed by atoms with Crippen LogP contribution in [0.1, 0.15) is 24.2 Å². The normalized spacial score (nSPS) is 11.0. The summed E-state index contributed by atoms with van der Waals surface area (Å²) in [4.78, 5) is 18.0. The van der Waals surface area contributed by atoms with E-state index in [9.17, 15) is 4.79 Å². The maximum Gasteiger partial charge on any atom is 0.257 e. The lowest BCUT2D eigenvalue weighted by molar-refractivity contribution is 0.102. The molecular weight excluding hydrogens is 340 g/mol. The van der Waals surface area contributed by atoms with Crippen LogP contribution in [-0.4, -0.2) is 23.3 Å². The first-order valence-corrected chi connectivity index (χ1v) is 9.27. The zero-order valence-corrected chi connectivity index (χ0v) is 15.3. The van der Waals surface area contributed by atoms with Crippen LogP contribution < -0.4 is 10.1 Å². The molecule has 4 nitrogen and oxygen atoms in total. The van der Waals surface area contributed by atoms with Crippen molar-refractivity contribution in [2.75, 3.05) is 12.4 Å². The van der Waals surface area contributed by atoms with Gasteiger partial charge in [0.05, 0.1) is 17.3 Å². The molecule has 1 amide bonds. The Bertz CT molecular complexity index is 857. The van der Waals surface area contributed by atoms with Gasteiger partial charge >= 0.3 is 0 Å². The summed E-state index contributed by atoms with van der Waals surface area (Å²) < 4.78 is 6.19. The van der Waals surface area contributed by atoms with E-state index in [1.807, 2.05) is 42.5 Å². The molecular formula is C18H18N2O2S2. The Morgan fingerprint density at radius 3 is 2.62 bits per heavy atom. The fraction of sp³-hybridized carbons (Fsp3) is 0.222. The summed E-state index contributed by atoms with van der Waals surface area (Å²) >= 11 is 3.21. The standard InChI is InChI=1S/C18H18N2O2S2/c1-11(2)23-14-7-4-12(5-8-14)17(21)20-18-19-15-9-6-13(22-3)10-16(15)24-18/h4-11H,1-3H3,(H,19,20,21). The molecule has 1 N–H and O–H groups in total. The van der Waals surface area contributed by atoms with E-state index in [1.54, 1.807) is 18.9 Å². The van der Waals surface area contributed by atoms with Crippen molar-refractivity contribution in [3.05, 3.63) is 48.0 Å². The lowest BCUT2D eigenvalue weighted by Gasteiger charge is -2.06. The highest BCUT2D eigenvalue weighted by atomic mass is 32.2.